The Hall–Kier alpha value is -2.24. The first-order chi connectivity index (χ1) is 11.4. The quantitative estimate of drug-likeness (QED) is 0.650. The van der Waals surface area contributed by atoms with Crippen LogP contribution in [-0.4, -0.2) is 30.4 Å². The van der Waals surface area contributed by atoms with Crippen LogP contribution in [0.15, 0.2) is 42.5 Å². The zero-order valence-corrected chi connectivity index (χ0v) is 14.5. The molecule has 126 valence electrons. The normalized spacial score (nSPS) is 10.3. The number of amides is 1. The average Bonchev–Trinajstić information content (AvgIpc) is 2.56. The number of carbonyl (C=O) groups is 2. The van der Waals surface area contributed by atoms with E-state index in [9.17, 15) is 9.59 Å². The molecule has 0 radical (unpaired) electrons. The van der Waals surface area contributed by atoms with Crippen LogP contribution in [0.3, 0.4) is 0 Å². The number of nitrogens with zero attached hydrogens (tertiary/aromatic N) is 1. The molecule has 0 aliphatic heterocycles. The van der Waals surface area contributed by atoms with Crippen molar-refractivity contribution >= 4 is 40.8 Å². The lowest BCUT2D eigenvalue weighted by Crippen LogP contribution is -2.30. The Morgan fingerprint density at radius 1 is 1.12 bits per heavy atom. The van der Waals surface area contributed by atoms with Gasteiger partial charge < -0.3 is 15.4 Å². The van der Waals surface area contributed by atoms with E-state index in [4.69, 9.17) is 33.7 Å². The van der Waals surface area contributed by atoms with Crippen LogP contribution < -0.4 is 5.73 Å². The fourth-order valence-corrected chi connectivity index (χ4v) is 2.19. The molecular weight excluding hydrogens is 351 g/mol. The topological polar surface area (TPSA) is 72.6 Å². The molecule has 0 saturated heterocycles. The summed E-state index contributed by atoms with van der Waals surface area (Å²) >= 11 is 11.6. The largest absolute Gasteiger partial charge is 0.452 e. The van der Waals surface area contributed by atoms with Crippen LogP contribution in [0.1, 0.15) is 15.9 Å². The molecule has 5 nitrogen and oxygen atoms in total. The van der Waals surface area contributed by atoms with Crippen molar-refractivity contribution in [3.05, 3.63) is 63.6 Å². The first-order valence-corrected chi connectivity index (χ1v) is 7.83. The van der Waals surface area contributed by atoms with Crippen molar-refractivity contribution in [2.75, 3.05) is 19.4 Å². The highest BCUT2D eigenvalue weighted by Crippen LogP contribution is 2.20. The summed E-state index contributed by atoms with van der Waals surface area (Å²) in [5.74, 6) is -0.952. The Kier molecular flexibility index (Phi) is 6.06. The lowest BCUT2D eigenvalue weighted by molar-refractivity contribution is -0.133. The Labute approximate surface area is 149 Å². The number of halogens is 2. The standard InChI is InChI=1S/C17H16Cl2N2O3/c1-21(9-11-2-5-13(18)6-3-11)16(22)10-24-17(23)12-4-7-14(19)15(20)8-12/h2-8H,9-10,20H2,1H3. The van der Waals surface area contributed by atoms with E-state index in [1.807, 2.05) is 12.1 Å². The number of rotatable bonds is 5. The number of likely N-dealkylation sites (N-methyl/N-ethyl adjacent to an activating group) is 1. The SMILES string of the molecule is CN(Cc1ccc(Cl)cc1)C(=O)COC(=O)c1ccc(Cl)c(N)c1. The highest BCUT2D eigenvalue weighted by atomic mass is 35.5. The zero-order valence-electron chi connectivity index (χ0n) is 13.0. The van der Waals surface area contributed by atoms with Crippen LogP contribution in [0.25, 0.3) is 0 Å². The molecule has 0 aliphatic rings. The summed E-state index contributed by atoms with van der Waals surface area (Å²) in [6.07, 6.45) is 0. The zero-order chi connectivity index (χ0) is 17.7. The minimum Gasteiger partial charge on any atom is -0.452 e. The lowest BCUT2D eigenvalue weighted by Gasteiger charge is -2.17. The number of benzene rings is 2. The van der Waals surface area contributed by atoms with Gasteiger partial charge in [-0.05, 0) is 35.9 Å². The average molecular weight is 367 g/mol. The number of ether oxygens (including phenoxy) is 1. The number of esters is 1. The minimum atomic E-state index is -0.633. The maximum absolute atomic E-state index is 12.0. The van der Waals surface area contributed by atoms with Gasteiger partial charge in [0.15, 0.2) is 6.61 Å². The molecule has 2 aromatic carbocycles. The van der Waals surface area contributed by atoms with Crippen LogP contribution in [-0.2, 0) is 16.1 Å². The van der Waals surface area contributed by atoms with Gasteiger partial charge in [-0.15, -0.1) is 0 Å². The second-order valence-electron chi connectivity index (χ2n) is 5.19. The molecule has 2 N–H and O–H groups in total. The maximum Gasteiger partial charge on any atom is 0.338 e. The Balaban J connectivity index is 1.88. The summed E-state index contributed by atoms with van der Waals surface area (Å²) < 4.78 is 5.01. The van der Waals surface area contributed by atoms with E-state index in [1.165, 1.54) is 23.1 Å². The molecule has 2 aromatic rings. The van der Waals surface area contributed by atoms with Gasteiger partial charge in [0.05, 0.1) is 16.3 Å². The van der Waals surface area contributed by atoms with Gasteiger partial charge in [-0.2, -0.15) is 0 Å². The Bertz CT molecular complexity index is 748. The van der Waals surface area contributed by atoms with Crippen molar-refractivity contribution in [3.63, 3.8) is 0 Å². The fraction of sp³-hybridized carbons (Fsp3) is 0.176. The van der Waals surface area contributed by atoms with E-state index in [-0.39, 0.29) is 23.8 Å². The van der Waals surface area contributed by atoms with E-state index < -0.39 is 5.97 Å². The molecule has 0 fully saturated rings. The third-order valence-corrected chi connectivity index (χ3v) is 3.91. The molecule has 0 atom stereocenters. The van der Waals surface area contributed by atoms with Gasteiger partial charge in [0.2, 0.25) is 0 Å². The van der Waals surface area contributed by atoms with Gasteiger partial charge in [0.25, 0.3) is 5.91 Å². The number of nitrogen functional groups attached to an aromatic ring is 1. The predicted octanol–water partition coefficient (Wildman–Crippen LogP) is 3.39. The fourth-order valence-electron chi connectivity index (χ4n) is 1.94. The molecule has 0 bridgehead atoms. The second kappa shape index (κ2) is 8.04. The van der Waals surface area contributed by atoms with Gasteiger partial charge in [0.1, 0.15) is 0 Å². The number of nitrogens with two attached hydrogens (primary N) is 1. The highest BCUT2D eigenvalue weighted by Gasteiger charge is 2.14. The third kappa shape index (κ3) is 4.88. The van der Waals surface area contributed by atoms with Gasteiger partial charge in [-0.25, -0.2) is 4.79 Å². The molecule has 0 spiro atoms. The molecule has 0 unspecified atom stereocenters. The first-order valence-electron chi connectivity index (χ1n) is 7.07. The lowest BCUT2D eigenvalue weighted by atomic mass is 10.2. The molecule has 0 heterocycles. The summed E-state index contributed by atoms with van der Waals surface area (Å²) in [5.41, 5.74) is 7.07. The molecular formula is C17H16Cl2N2O3. The monoisotopic (exact) mass is 366 g/mol. The number of anilines is 1. The van der Waals surface area contributed by atoms with Crippen LogP contribution in [0.2, 0.25) is 10.0 Å². The van der Waals surface area contributed by atoms with Crippen molar-refractivity contribution in [3.8, 4) is 0 Å². The van der Waals surface area contributed by atoms with Crippen molar-refractivity contribution in [2.24, 2.45) is 0 Å². The smallest absolute Gasteiger partial charge is 0.338 e. The van der Waals surface area contributed by atoms with Gasteiger partial charge in [-0.3, -0.25) is 4.79 Å². The molecule has 0 aliphatic carbocycles. The van der Waals surface area contributed by atoms with Crippen LogP contribution in [0.5, 0.6) is 0 Å². The summed E-state index contributed by atoms with van der Waals surface area (Å²) in [6, 6.07) is 11.6. The van der Waals surface area contributed by atoms with Crippen molar-refractivity contribution in [1.82, 2.24) is 4.90 Å². The number of hydrogen-bond acceptors (Lipinski definition) is 4. The highest BCUT2D eigenvalue weighted by molar-refractivity contribution is 6.33. The molecule has 0 aromatic heterocycles. The Morgan fingerprint density at radius 3 is 2.42 bits per heavy atom. The molecule has 0 saturated carbocycles. The van der Waals surface area contributed by atoms with Crippen molar-refractivity contribution < 1.29 is 14.3 Å². The maximum atomic E-state index is 12.0. The van der Waals surface area contributed by atoms with E-state index in [0.29, 0.717) is 16.6 Å². The van der Waals surface area contributed by atoms with E-state index in [2.05, 4.69) is 0 Å². The summed E-state index contributed by atoms with van der Waals surface area (Å²) in [7, 11) is 1.63. The summed E-state index contributed by atoms with van der Waals surface area (Å²) in [6.45, 7) is 0.0346. The molecule has 1 amide bonds. The number of carbonyl (C=O) groups excluding carboxylic acids is 2. The summed E-state index contributed by atoms with van der Waals surface area (Å²) in [5, 5.41) is 0.981. The van der Waals surface area contributed by atoms with Gasteiger partial charge in [0, 0.05) is 18.6 Å². The van der Waals surface area contributed by atoms with E-state index in [0.717, 1.165) is 5.56 Å². The second-order valence-corrected chi connectivity index (χ2v) is 6.03. The third-order valence-electron chi connectivity index (χ3n) is 3.32. The van der Waals surface area contributed by atoms with Gasteiger partial charge >= 0.3 is 5.97 Å². The first kappa shape index (κ1) is 18.1. The van der Waals surface area contributed by atoms with Gasteiger partial charge in [-0.1, -0.05) is 35.3 Å². The Morgan fingerprint density at radius 2 is 1.79 bits per heavy atom. The molecule has 2 rings (SSSR count). The van der Waals surface area contributed by atoms with Crippen molar-refractivity contribution in [2.45, 2.75) is 6.54 Å². The van der Waals surface area contributed by atoms with Crippen LogP contribution >= 0.6 is 23.2 Å². The van der Waals surface area contributed by atoms with Crippen LogP contribution in [0, 0.1) is 0 Å². The van der Waals surface area contributed by atoms with E-state index in [1.54, 1.807) is 19.2 Å². The van der Waals surface area contributed by atoms with Crippen molar-refractivity contribution in [1.29, 1.82) is 0 Å². The predicted molar refractivity (Wildman–Crippen MR) is 94.1 cm³/mol. The molecule has 7 heteroatoms. The minimum absolute atomic E-state index is 0.241. The summed E-state index contributed by atoms with van der Waals surface area (Å²) in [4.78, 5) is 25.4. The molecule has 24 heavy (non-hydrogen) atoms. The van der Waals surface area contributed by atoms with E-state index >= 15 is 0 Å². The number of hydrogen-bond donors (Lipinski definition) is 1. The van der Waals surface area contributed by atoms with Crippen LogP contribution in [0.4, 0.5) is 5.69 Å².